The van der Waals surface area contributed by atoms with E-state index in [0.717, 1.165) is 35.8 Å². The molecule has 5 nitrogen and oxygen atoms in total. The van der Waals surface area contributed by atoms with Gasteiger partial charge in [0.2, 0.25) is 0 Å². The van der Waals surface area contributed by atoms with Gasteiger partial charge in [0.25, 0.3) is 0 Å². The van der Waals surface area contributed by atoms with Crippen LogP contribution in [0.1, 0.15) is 11.1 Å². The highest BCUT2D eigenvalue weighted by Crippen LogP contribution is 2.23. The number of benzene rings is 2. The van der Waals surface area contributed by atoms with Crippen molar-refractivity contribution in [2.75, 3.05) is 26.4 Å². The zero-order chi connectivity index (χ0) is 17.8. The zero-order valence-electron chi connectivity index (χ0n) is 14.3. The Morgan fingerprint density at radius 1 is 0.923 bits per heavy atom. The van der Waals surface area contributed by atoms with Gasteiger partial charge in [0.15, 0.2) is 0 Å². The summed E-state index contributed by atoms with van der Waals surface area (Å²) in [4.78, 5) is 0. The first-order valence-corrected chi connectivity index (χ1v) is 8.61. The standard InChI is InChI=1S/C21H19NO4/c22-10-17(16-3-7-19(8-4-16)24-12-21-14-26-21)9-15-1-5-18(6-2-15)23-11-20-13-25-20/h1-9,20-21H,11-14H2/b17-9-. The van der Waals surface area contributed by atoms with Crippen LogP contribution in [0, 0.1) is 11.3 Å². The number of nitrogens with zero attached hydrogens (tertiary/aromatic N) is 1. The van der Waals surface area contributed by atoms with E-state index in [1.54, 1.807) is 0 Å². The molecular formula is C21H19NO4. The smallest absolute Gasteiger partial charge is 0.119 e. The molecule has 0 amide bonds. The van der Waals surface area contributed by atoms with Gasteiger partial charge in [-0.25, -0.2) is 0 Å². The van der Waals surface area contributed by atoms with Crippen molar-refractivity contribution in [2.45, 2.75) is 12.2 Å². The third kappa shape index (κ3) is 4.63. The normalized spacial score (nSPS) is 21.0. The fraction of sp³-hybridized carbons (Fsp3) is 0.286. The van der Waals surface area contributed by atoms with Gasteiger partial charge in [-0.15, -0.1) is 0 Å². The van der Waals surface area contributed by atoms with Gasteiger partial charge in [-0.3, -0.25) is 0 Å². The van der Waals surface area contributed by atoms with Gasteiger partial charge < -0.3 is 18.9 Å². The van der Waals surface area contributed by atoms with Gasteiger partial charge in [-0.05, 0) is 53.6 Å². The molecule has 2 unspecified atom stereocenters. The maximum Gasteiger partial charge on any atom is 0.119 e. The second-order valence-electron chi connectivity index (χ2n) is 6.30. The Balaban J connectivity index is 1.40. The van der Waals surface area contributed by atoms with E-state index in [9.17, 15) is 5.26 Å². The van der Waals surface area contributed by atoms with Crippen molar-refractivity contribution in [3.05, 3.63) is 59.7 Å². The predicted octanol–water partition coefficient (Wildman–Crippen LogP) is 3.31. The highest BCUT2D eigenvalue weighted by molar-refractivity contribution is 5.89. The number of hydrogen-bond acceptors (Lipinski definition) is 5. The fourth-order valence-electron chi connectivity index (χ4n) is 2.44. The van der Waals surface area contributed by atoms with Crippen molar-refractivity contribution in [1.82, 2.24) is 0 Å². The molecule has 2 fully saturated rings. The maximum absolute atomic E-state index is 9.50. The Bertz CT molecular complexity index is 813. The molecule has 2 saturated heterocycles. The summed E-state index contributed by atoms with van der Waals surface area (Å²) in [7, 11) is 0. The average molecular weight is 349 g/mol. The number of ether oxygens (including phenoxy) is 4. The van der Waals surface area contributed by atoms with E-state index < -0.39 is 0 Å². The molecule has 0 aromatic heterocycles. The van der Waals surface area contributed by atoms with E-state index in [1.807, 2.05) is 54.6 Å². The molecule has 2 heterocycles. The van der Waals surface area contributed by atoms with Crippen LogP contribution in [0.5, 0.6) is 11.5 Å². The van der Waals surface area contributed by atoms with Gasteiger partial charge in [-0.2, -0.15) is 5.26 Å². The molecule has 0 saturated carbocycles. The molecule has 0 bridgehead atoms. The molecule has 2 aliphatic rings. The molecule has 2 aromatic rings. The second kappa shape index (κ2) is 7.61. The van der Waals surface area contributed by atoms with Crippen molar-refractivity contribution in [3.8, 4) is 17.6 Å². The summed E-state index contributed by atoms with van der Waals surface area (Å²) < 4.78 is 21.5. The van der Waals surface area contributed by atoms with Crippen molar-refractivity contribution >= 4 is 11.6 Å². The van der Waals surface area contributed by atoms with Crippen LogP contribution in [0.4, 0.5) is 0 Å². The predicted molar refractivity (Wildman–Crippen MR) is 96.8 cm³/mol. The molecule has 2 atom stereocenters. The lowest BCUT2D eigenvalue weighted by Crippen LogP contribution is -2.03. The van der Waals surface area contributed by atoms with E-state index in [0.29, 0.717) is 18.8 Å². The van der Waals surface area contributed by atoms with Gasteiger partial charge in [0.05, 0.1) is 24.9 Å². The number of nitriles is 1. The lowest BCUT2D eigenvalue weighted by Gasteiger charge is -2.06. The van der Waals surface area contributed by atoms with Crippen LogP contribution in [0.3, 0.4) is 0 Å². The second-order valence-corrected chi connectivity index (χ2v) is 6.30. The molecule has 2 aromatic carbocycles. The van der Waals surface area contributed by atoms with E-state index in [-0.39, 0.29) is 12.2 Å². The molecule has 5 heteroatoms. The van der Waals surface area contributed by atoms with E-state index >= 15 is 0 Å². The summed E-state index contributed by atoms with van der Waals surface area (Å²) in [5.74, 6) is 1.58. The summed E-state index contributed by atoms with van der Waals surface area (Å²) in [6, 6.07) is 17.5. The number of hydrogen-bond donors (Lipinski definition) is 0. The highest BCUT2D eigenvalue weighted by Gasteiger charge is 2.23. The minimum Gasteiger partial charge on any atom is -0.491 e. The van der Waals surface area contributed by atoms with E-state index in [2.05, 4.69) is 6.07 Å². The van der Waals surface area contributed by atoms with Crippen LogP contribution in [0.15, 0.2) is 48.5 Å². The maximum atomic E-state index is 9.50. The first-order chi connectivity index (χ1) is 12.8. The van der Waals surface area contributed by atoms with Gasteiger partial charge in [0.1, 0.15) is 36.9 Å². The first-order valence-electron chi connectivity index (χ1n) is 8.61. The number of rotatable bonds is 8. The average Bonchev–Trinajstić information content (AvgIpc) is 3.59. The van der Waals surface area contributed by atoms with E-state index in [4.69, 9.17) is 18.9 Å². The number of allylic oxidation sites excluding steroid dienone is 1. The third-order valence-corrected chi connectivity index (χ3v) is 4.15. The van der Waals surface area contributed by atoms with Crippen LogP contribution < -0.4 is 9.47 Å². The molecule has 4 rings (SSSR count). The summed E-state index contributed by atoms with van der Waals surface area (Å²) >= 11 is 0. The lowest BCUT2D eigenvalue weighted by molar-refractivity contribution is 0.263. The summed E-state index contributed by atoms with van der Waals surface area (Å²) in [6.07, 6.45) is 2.33. The molecule has 26 heavy (non-hydrogen) atoms. The Labute approximate surface area is 152 Å². The van der Waals surface area contributed by atoms with Crippen LogP contribution >= 0.6 is 0 Å². The van der Waals surface area contributed by atoms with Crippen LogP contribution in [0.25, 0.3) is 11.6 Å². The Morgan fingerprint density at radius 2 is 1.42 bits per heavy atom. The summed E-state index contributed by atoms with van der Waals surface area (Å²) in [5, 5.41) is 9.50. The number of epoxide rings is 2. The minimum absolute atomic E-state index is 0.230. The molecule has 0 radical (unpaired) electrons. The van der Waals surface area contributed by atoms with Crippen LogP contribution in [0.2, 0.25) is 0 Å². The van der Waals surface area contributed by atoms with E-state index in [1.165, 1.54) is 0 Å². The molecule has 2 aliphatic heterocycles. The van der Waals surface area contributed by atoms with Crippen LogP contribution in [-0.4, -0.2) is 38.6 Å². The van der Waals surface area contributed by atoms with Gasteiger partial charge >= 0.3 is 0 Å². The van der Waals surface area contributed by atoms with Crippen molar-refractivity contribution in [2.24, 2.45) is 0 Å². The molecule has 0 spiro atoms. The first kappa shape index (κ1) is 16.6. The fourth-order valence-corrected chi connectivity index (χ4v) is 2.44. The largest absolute Gasteiger partial charge is 0.491 e. The Hall–Kier alpha value is -2.81. The molecule has 0 aliphatic carbocycles. The molecular weight excluding hydrogens is 330 g/mol. The minimum atomic E-state index is 0.230. The SMILES string of the molecule is N#C/C(=C/c1ccc(OCC2CO2)cc1)c1ccc(OCC2CO2)cc1. The van der Waals surface area contributed by atoms with Gasteiger partial charge in [-0.1, -0.05) is 12.1 Å². The topological polar surface area (TPSA) is 67.3 Å². The zero-order valence-corrected chi connectivity index (χ0v) is 14.3. The van der Waals surface area contributed by atoms with Crippen molar-refractivity contribution < 1.29 is 18.9 Å². The monoisotopic (exact) mass is 349 g/mol. The highest BCUT2D eigenvalue weighted by atomic mass is 16.6. The van der Waals surface area contributed by atoms with Crippen molar-refractivity contribution in [1.29, 1.82) is 5.26 Å². The van der Waals surface area contributed by atoms with Gasteiger partial charge in [0, 0.05) is 0 Å². The Kier molecular flexibility index (Phi) is 4.87. The third-order valence-electron chi connectivity index (χ3n) is 4.15. The van der Waals surface area contributed by atoms with Crippen LogP contribution in [-0.2, 0) is 9.47 Å². The molecule has 0 N–H and O–H groups in total. The summed E-state index contributed by atoms with van der Waals surface area (Å²) in [6.45, 7) is 2.71. The quantitative estimate of drug-likeness (QED) is 0.415. The summed E-state index contributed by atoms with van der Waals surface area (Å²) in [5.41, 5.74) is 2.40. The molecule has 132 valence electrons. The lowest BCUT2D eigenvalue weighted by atomic mass is 10.0. The Morgan fingerprint density at radius 3 is 1.88 bits per heavy atom. The van der Waals surface area contributed by atoms with Crippen molar-refractivity contribution in [3.63, 3.8) is 0 Å².